The van der Waals surface area contributed by atoms with Crippen molar-refractivity contribution in [3.63, 3.8) is 0 Å². The average Bonchev–Trinajstić information content (AvgIpc) is 2.94. The average molecular weight is 278 g/mol. The number of phenolic OH excluding ortho intramolecular Hbond substituents is 1. The van der Waals surface area contributed by atoms with Crippen LogP contribution in [0, 0.1) is 0 Å². The molecule has 0 fully saturated rings. The Bertz CT molecular complexity index is 519. The summed E-state index contributed by atoms with van der Waals surface area (Å²) in [6.45, 7) is 0.206. The largest absolute Gasteiger partial charge is 0.508 e. The van der Waals surface area contributed by atoms with Crippen molar-refractivity contribution < 1.29 is 19.4 Å². The fourth-order valence-electron chi connectivity index (χ4n) is 1.62. The van der Waals surface area contributed by atoms with Gasteiger partial charge in [-0.15, -0.1) is 11.3 Å². The second kappa shape index (κ2) is 6.24. The summed E-state index contributed by atoms with van der Waals surface area (Å²) in [6.07, 6.45) is 0. The number of ether oxygens (including phenoxy) is 2. The summed E-state index contributed by atoms with van der Waals surface area (Å²) in [5.41, 5.74) is 0. The van der Waals surface area contributed by atoms with E-state index in [1.807, 2.05) is 17.5 Å². The normalized spacial score (nSPS) is 11.8. The minimum Gasteiger partial charge on any atom is -0.508 e. The molecule has 4 nitrogen and oxygen atoms in total. The Morgan fingerprint density at radius 1 is 1.32 bits per heavy atom. The molecular weight excluding hydrogens is 264 g/mol. The lowest BCUT2D eigenvalue weighted by molar-refractivity contribution is -0.143. The highest BCUT2D eigenvalue weighted by Crippen LogP contribution is 2.24. The third kappa shape index (κ3) is 3.48. The van der Waals surface area contributed by atoms with Crippen LogP contribution in [0.2, 0.25) is 0 Å². The van der Waals surface area contributed by atoms with Crippen molar-refractivity contribution in [3.05, 3.63) is 46.7 Å². The number of benzene rings is 1. The molecule has 0 aliphatic rings. The summed E-state index contributed by atoms with van der Waals surface area (Å²) in [7, 11) is 1.36. The molecule has 0 saturated carbocycles. The summed E-state index contributed by atoms with van der Waals surface area (Å²) >= 11 is 1.49. The predicted octanol–water partition coefficient (Wildman–Crippen LogP) is 2.79. The number of thiophene rings is 1. The van der Waals surface area contributed by atoms with Gasteiger partial charge in [0, 0.05) is 4.88 Å². The van der Waals surface area contributed by atoms with Crippen LogP contribution in [0.4, 0.5) is 0 Å². The van der Waals surface area contributed by atoms with Gasteiger partial charge < -0.3 is 14.6 Å². The molecule has 1 unspecified atom stereocenters. The van der Waals surface area contributed by atoms with Crippen LogP contribution in [0.15, 0.2) is 41.8 Å². The lowest BCUT2D eigenvalue weighted by Crippen LogP contribution is -2.20. The van der Waals surface area contributed by atoms with Gasteiger partial charge in [0.15, 0.2) is 0 Å². The van der Waals surface area contributed by atoms with Crippen LogP contribution in [-0.4, -0.2) is 24.8 Å². The second-order valence-electron chi connectivity index (χ2n) is 3.90. The SMILES string of the molecule is COC(=O)C(COc1ccc(O)cc1)c1cccs1. The van der Waals surface area contributed by atoms with Gasteiger partial charge in [-0.2, -0.15) is 0 Å². The molecule has 0 amide bonds. The van der Waals surface area contributed by atoms with Crippen LogP contribution in [-0.2, 0) is 9.53 Å². The minimum atomic E-state index is -0.432. The maximum absolute atomic E-state index is 11.8. The fourth-order valence-corrected chi connectivity index (χ4v) is 2.42. The minimum absolute atomic E-state index is 0.176. The first kappa shape index (κ1) is 13.4. The maximum atomic E-state index is 11.8. The summed E-state index contributed by atoms with van der Waals surface area (Å²) in [4.78, 5) is 12.7. The van der Waals surface area contributed by atoms with Crippen LogP contribution in [0.1, 0.15) is 10.8 Å². The van der Waals surface area contributed by atoms with Crippen molar-refractivity contribution in [1.82, 2.24) is 0 Å². The van der Waals surface area contributed by atoms with Gasteiger partial charge >= 0.3 is 5.97 Å². The van der Waals surface area contributed by atoms with E-state index in [0.717, 1.165) is 4.88 Å². The molecular formula is C14H14O4S. The maximum Gasteiger partial charge on any atom is 0.317 e. The number of carbonyl (C=O) groups is 1. The molecule has 1 aromatic carbocycles. The molecule has 100 valence electrons. The van der Waals surface area contributed by atoms with Gasteiger partial charge in [-0.1, -0.05) is 6.07 Å². The molecule has 0 bridgehead atoms. The van der Waals surface area contributed by atoms with Gasteiger partial charge in [0.1, 0.15) is 24.0 Å². The summed E-state index contributed by atoms with van der Waals surface area (Å²) in [6, 6.07) is 10.1. The molecule has 0 radical (unpaired) electrons. The number of hydrogen-bond donors (Lipinski definition) is 1. The lowest BCUT2D eigenvalue weighted by Gasteiger charge is -2.14. The molecule has 2 aromatic rings. The Labute approximate surface area is 115 Å². The molecule has 0 spiro atoms. The van der Waals surface area contributed by atoms with Crippen molar-refractivity contribution in [2.45, 2.75) is 5.92 Å². The van der Waals surface area contributed by atoms with Gasteiger partial charge in [-0.3, -0.25) is 4.79 Å². The molecule has 5 heteroatoms. The first-order valence-corrected chi connectivity index (χ1v) is 6.61. The zero-order valence-electron chi connectivity index (χ0n) is 10.4. The number of phenols is 1. The Hall–Kier alpha value is -2.01. The highest BCUT2D eigenvalue weighted by molar-refractivity contribution is 7.10. The summed E-state index contributed by atoms with van der Waals surface area (Å²) in [5.74, 6) is 0.0263. The third-order valence-corrected chi connectivity index (χ3v) is 3.61. The number of methoxy groups -OCH3 is 1. The molecule has 1 atom stereocenters. The molecule has 0 saturated heterocycles. The summed E-state index contributed by atoms with van der Waals surface area (Å²) in [5, 5.41) is 11.1. The van der Waals surface area contributed by atoms with Gasteiger partial charge in [-0.05, 0) is 35.7 Å². The van der Waals surface area contributed by atoms with E-state index in [1.165, 1.54) is 30.6 Å². The van der Waals surface area contributed by atoms with Crippen LogP contribution in [0.5, 0.6) is 11.5 Å². The lowest BCUT2D eigenvalue weighted by atomic mass is 10.1. The zero-order valence-corrected chi connectivity index (χ0v) is 11.2. The molecule has 2 rings (SSSR count). The first-order chi connectivity index (χ1) is 9.20. The molecule has 0 aliphatic heterocycles. The van der Waals surface area contributed by atoms with E-state index in [9.17, 15) is 9.90 Å². The monoisotopic (exact) mass is 278 g/mol. The van der Waals surface area contributed by atoms with Crippen molar-refractivity contribution in [2.24, 2.45) is 0 Å². The van der Waals surface area contributed by atoms with Gasteiger partial charge in [0.05, 0.1) is 7.11 Å². The highest BCUT2D eigenvalue weighted by atomic mass is 32.1. The van der Waals surface area contributed by atoms with Crippen molar-refractivity contribution >= 4 is 17.3 Å². The third-order valence-electron chi connectivity index (χ3n) is 2.63. The van der Waals surface area contributed by atoms with E-state index in [-0.39, 0.29) is 18.3 Å². The number of rotatable bonds is 5. The van der Waals surface area contributed by atoms with Crippen LogP contribution >= 0.6 is 11.3 Å². The van der Waals surface area contributed by atoms with E-state index >= 15 is 0 Å². The van der Waals surface area contributed by atoms with Gasteiger partial charge in [0.25, 0.3) is 0 Å². The van der Waals surface area contributed by atoms with E-state index in [2.05, 4.69) is 0 Å². The first-order valence-electron chi connectivity index (χ1n) is 5.74. The Kier molecular flexibility index (Phi) is 4.41. The highest BCUT2D eigenvalue weighted by Gasteiger charge is 2.23. The smallest absolute Gasteiger partial charge is 0.317 e. The van der Waals surface area contributed by atoms with Crippen molar-refractivity contribution in [1.29, 1.82) is 0 Å². The van der Waals surface area contributed by atoms with Crippen LogP contribution in [0.3, 0.4) is 0 Å². The van der Waals surface area contributed by atoms with Crippen LogP contribution in [0.25, 0.3) is 0 Å². The van der Waals surface area contributed by atoms with Gasteiger partial charge in [0.2, 0.25) is 0 Å². The fraction of sp³-hybridized carbons (Fsp3) is 0.214. The second-order valence-corrected chi connectivity index (χ2v) is 4.88. The number of hydrogen-bond acceptors (Lipinski definition) is 5. The Balaban J connectivity index is 2.05. The zero-order chi connectivity index (χ0) is 13.7. The Morgan fingerprint density at radius 2 is 2.05 bits per heavy atom. The van der Waals surface area contributed by atoms with E-state index in [1.54, 1.807) is 12.1 Å². The quantitative estimate of drug-likeness (QED) is 0.854. The summed E-state index contributed by atoms with van der Waals surface area (Å²) < 4.78 is 10.4. The Morgan fingerprint density at radius 3 is 2.63 bits per heavy atom. The number of esters is 1. The molecule has 19 heavy (non-hydrogen) atoms. The number of carbonyl (C=O) groups excluding carboxylic acids is 1. The van der Waals surface area contributed by atoms with Crippen molar-refractivity contribution in [3.8, 4) is 11.5 Å². The van der Waals surface area contributed by atoms with Crippen LogP contribution < -0.4 is 4.74 Å². The molecule has 1 aromatic heterocycles. The molecule has 1 heterocycles. The number of aromatic hydroxyl groups is 1. The van der Waals surface area contributed by atoms with E-state index < -0.39 is 5.92 Å². The van der Waals surface area contributed by atoms with E-state index in [4.69, 9.17) is 9.47 Å². The molecule has 0 aliphatic carbocycles. The predicted molar refractivity (Wildman–Crippen MR) is 72.7 cm³/mol. The van der Waals surface area contributed by atoms with Crippen molar-refractivity contribution in [2.75, 3.05) is 13.7 Å². The van der Waals surface area contributed by atoms with E-state index in [0.29, 0.717) is 5.75 Å². The van der Waals surface area contributed by atoms with Gasteiger partial charge in [-0.25, -0.2) is 0 Å². The molecule has 1 N–H and O–H groups in total. The topological polar surface area (TPSA) is 55.8 Å². The standard InChI is InChI=1S/C14H14O4S/c1-17-14(16)12(13-3-2-8-19-13)9-18-11-6-4-10(15)5-7-11/h2-8,12,15H,9H2,1H3.